The van der Waals surface area contributed by atoms with E-state index in [0.29, 0.717) is 0 Å². The van der Waals surface area contributed by atoms with Gasteiger partial charge in [-0.1, -0.05) is 17.2 Å². The van der Waals surface area contributed by atoms with Crippen LogP contribution in [0.15, 0.2) is 89.7 Å². The second-order valence-corrected chi connectivity index (χ2v) is 12.4. The van der Waals surface area contributed by atoms with Crippen molar-refractivity contribution in [2.75, 3.05) is 5.32 Å². The van der Waals surface area contributed by atoms with Gasteiger partial charge in [-0.05, 0) is 41.8 Å². The molecule has 0 fully saturated rings. The molecular weight excluding hydrogens is 692 g/mol. The third kappa shape index (κ3) is 7.81. The number of aromatic hydroxyl groups is 2. The van der Waals surface area contributed by atoms with Crippen LogP contribution in [0.3, 0.4) is 0 Å². The Labute approximate surface area is 266 Å². The highest BCUT2D eigenvalue weighted by molar-refractivity contribution is 7.94. The molecule has 0 unspecified atom stereocenters. The van der Waals surface area contributed by atoms with E-state index in [4.69, 9.17) is 5.26 Å². The first-order valence-corrected chi connectivity index (χ1v) is 15.8. The average molecular weight is 711 g/mol. The van der Waals surface area contributed by atoms with Gasteiger partial charge in [0.15, 0.2) is 17.2 Å². The lowest BCUT2D eigenvalue weighted by Gasteiger charge is -2.13. The molecule has 0 saturated carbocycles. The molecule has 1 amide bonds. The lowest BCUT2D eigenvalue weighted by atomic mass is 10.1. The summed E-state index contributed by atoms with van der Waals surface area (Å²) in [4.78, 5) is 19.9. The van der Waals surface area contributed by atoms with Crippen molar-refractivity contribution in [3.63, 3.8) is 0 Å². The van der Waals surface area contributed by atoms with Gasteiger partial charge in [0.05, 0.1) is 27.2 Å². The second kappa shape index (κ2) is 13.7. The number of fused-ring (bicyclic) bond motifs is 1. The summed E-state index contributed by atoms with van der Waals surface area (Å²) in [7, 11) is -10.1. The first-order valence-electron chi connectivity index (χ1n) is 12.2. The fourth-order valence-corrected chi connectivity index (χ4v) is 5.73. The number of azo groups is 2. The zero-order valence-electron chi connectivity index (χ0n) is 23.1. The molecule has 0 radical (unpaired) electrons. The van der Waals surface area contributed by atoms with Crippen LogP contribution in [0.1, 0.15) is 6.92 Å². The fraction of sp³-hybridized carbons (Fsp3) is 0.0417. The minimum atomic E-state index is -5.19. The number of nitro groups is 1. The number of phenols is 2. The lowest BCUT2D eigenvalue weighted by molar-refractivity contribution is -0.432. The van der Waals surface area contributed by atoms with Crippen molar-refractivity contribution in [3.8, 4) is 11.5 Å². The average Bonchev–Trinajstić information content (AvgIpc) is 2.97. The van der Waals surface area contributed by atoms with Crippen LogP contribution in [0.4, 0.5) is 34.1 Å². The van der Waals surface area contributed by atoms with Gasteiger partial charge in [-0.15, -0.1) is 24.8 Å². The summed E-state index contributed by atoms with van der Waals surface area (Å²) in [5, 5.41) is 62.1. The maximum Gasteiger partial charge on any atom is 0.296 e. The molecule has 4 rings (SSSR count). The molecule has 0 aliphatic heterocycles. The van der Waals surface area contributed by atoms with Crippen molar-refractivity contribution in [1.82, 2.24) is 0 Å². The number of nitro benzene ring substituents is 1. The Bertz CT molecular complexity index is 2210. The number of anilines is 1. The second-order valence-electron chi connectivity index (χ2n) is 8.93. The Balaban J connectivity index is 2.01. The number of nitrogens with one attached hydrogen (secondary N) is 1. The maximum absolute atomic E-state index is 12.3. The number of para-hydroxylation sites is 1. The van der Waals surface area contributed by atoms with Crippen molar-refractivity contribution < 1.29 is 60.5 Å². The summed E-state index contributed by atoms with van der Waals surface area (Å²) in [6.45, 7) is 1.16. The van der Waals surface area contributed by atoms with E-state index in [2.05, 4.69) is 35.1 Å². The van der Waals surface area contributed by atoms with E-state index in [-0.39, 0.29) is 33.7 Å². The summed E-state index contributed by atoms with van der Waals surface area (Å²) in [6, 6.07) is 9.65. The Kier molecular flexibility index (Phi) is 10.1. The minimum Gasteiger partial charge on any atom is -0.505 e. The van der Waals surface area contributed by atoms with Crippen LogP contribution in [0.25, 0.3) is 10.8 Å². The molecule has 4 aromatic rings. The summed E-state index contributed by atoms with van der Waals surface area (Å²) < 4.78 is 72.4. The van der Waals surface area contributed by atoms with E-state index in [1.54, 1.807) is 0 Å². The molecule has 4 aromatic carbocycles. The van der Waals surface area contributed by atoms with Gasteiger partial charge in [-0.3, -0.25) is 24.0 Å². The molecule has 20 nitrogen and oxygen atoms in total. The molecule has 0 aliphatic carbocycles. The van der Waals surface area contributed by atoms with Crippen LogP contribution < -0.4 is 5.32 Å². The van der Waals surface area contributed by atoms with Crippen LogP contribution in [0.2, 0.25) is 0 Å². The molecule has 0 saturated heterocycles. The zero-order valence-corrected chi connectivity index (χ0v) is 25.5. The highest BCUT2D eigenvalue weighted by Crippen LogP contribution is 2.51. The molecule has 47 heavy (non-hydrogen) atoms. The first kappa shape index (κ1) is 34.7. The molecule has 0 bridgehead atoms. The molecule has 6 N–H and O–H groups in total. The van der Waals surface area contributed by atoms with Crippen molar-refractivity contribution in [2.24, 2.45) is 20.5 Å². The molecule has 0 aliphatic rings. The summed E-state index contributed by atoms with van der Waals surface area (Å²) in [5.41, 5.74) is -3.06. The number of benzene rings is 4. The predicted molar refractivity (Wildman–Crippen MR) is 160 cm³/mol. The third-order valence-corrected chi connectivity index (χ3v) is 8.22. The Morgan fingerprint density at radius 2 is 1.49 bits per heavy atom. The van der Waals surface area contributed by atoms with Gasteiger partial charge in [0.25, 0.3) is 25.9 Å². The largest absolute Gasteiger partial charge is 0.505 e. The van der Waals surface area contributed by atoms with Crippen LogP contribution in [-0.4, -0.2) is 52.2 Å². The van der Waals surface area contributed by atoms with E-state index in [0.717, 1.165) is 49.4 Å². The molecule has 23 heteroatoms. The fourth-order valence-electron chi connectivity index (χ4n) is 3.97. The van der Waals surface area contributed by atoms with Crippen molar-refractivity contribution in [3.05, 3.63) is 64.7 Å². The molecule has 0 aromatic heterocycles. The van der Waals surface area contributed by atoms with E-state index in [1.165, 1.54) is 12.1 Å². The molecular formula is C24H18N6O14S3. The van der Waals surface area contributed by atoms with Crippen LogP contribution in [-0.2, 0) is 34.4 Å². The van der Waals surface area contributed by atoms with Gasteiger partial charge < -0.3 is 15.5 Å². The van der Waals surface area contributed by atoms with Gasteiger partial charge in [0.2, 0.25) is 5.91 Å². The predicted octanol–water partition coefficient (Wildman–Crippen LogP) is 5.87. The summed E-state index contributed by atoms with van der Waals surface area (Å²) >= 11 is 0.158. The van der Waals surface area contributed by atoms with E-state index >= 15 is 0 Å². The number of rotatable bonds is 11. The molecule has 0 atom stereocenters. The molecule has 246 valence electrons. The summed E-state index contributed by atoms with van der Waals surface area (Å²) in [5.74, 6) is -2.68. The number of hydrogen-bond acceptors (Lipinski definition) is 17. The zero-order chi connectivity index (χ0) is 34.7. The number of carbonyl (C=O) groups excluding carboxylic acids is 1. The molecule has 0 heterocycles. The smallest absolute Gasteiger partial charge is 0.296 e. The van der Waals surface area contributed by atoms with Crippen LogP contribution in [0.5, 0.6) is 11.5 Å². The quantitative estimate of drug-likeness (QED) is 0.0265. The Hall–Kier alpha value is -5.14. The first-order chi connectivity index (χ1) is 22.0. The van der Waals surface area contributed by atoms with Gasteiger partial charge in [-0.2, -0.15) is 16.8 Å². The van der Waals surface area contributed by atoms with Crippen molar-refractivity contribution in [2.45, 2.75) is 21.6 Å². The standard InChI is InChI=1S/C24H18N6O14S3/c1-11(31)25-13-6-7-18(46(37,38)39)15(10-13)27-28-21-17(45-44-43-36)8-12-9-19(47(40,41)42)22(24(33)20(12)23(21)32)29-26-14-4-2-3-5-16(14)30(34)35/h2-10,32-33,36H,1H3,(H,25,31)(H,37,38,39)(H,40,41,42)/b28-27+,29-26+. The molecule has 0 spiro atoms. The van der Waals surface area contributed by atoms with Gasteiger partial charge in [0, 0.05) is 18.7 Å². The monoisotopic (exact) mass is 710 g/mol. The van der Waals surface area contributed by atoms with Gasteiger partial charge in [0.1, 0.15) is 26.9 Å². The van der Waals surface area contributed by atoms with Gasteiger partial charge >= 0.3 is 0 Å². The lowest BCUT2D eigenvalue weighted by Crippen LogP contribution is -2.06. The Morgan fingerprint density at radius 3 is 2.11 bits per heavy atom. The number of phenolic OH excluding ortho intramolecular Hbond substituents is 2. The SMILES string of the molecule is CC(=O)Nc1ccc(S(=O)(=O)O)c(/N=N/c2c(SOOO)cc3cc(S(=O)(=O)O)c(/N=N/c4ccccc4[N+](=O)[O-])c(O)c3c2O)c1. The van der Waals surface area contributed by atoms with E-state index < -0.39 is 80.5 Å². The van der Waals surface area contributed by atoms with Gasteiger partial charge in [-0.25, -0.2) is 5.26 Å². The number of amides is 1. The van der Waals surface area contributed by atoms with E-state index in [1.807, 2.05) is 0 Å². The normalized spacial score (nSPS) is 12.3. The van der Waals surface area contributed by atoms with Crippen molar-refractivity contribution >= 4 is 83.1 Å². The van der Waals surface area contributed by atoms with E-state index in [9.17, 15) is 51.1 Å². The van der Waals surface area contributed by atoms with Crippen LogP contribution in [0, 0.1) is 10.1 Å². The number of nitrogens with zero attached hydrogens (tertiary/aromatic N) is 5. The Morgan fingerprint density at radius 1 is 0.872 bits per heavy atom. The minimum absolute atomic E-state index is 0.0252. The maximum atomic E-state index is 12.3. The summed E-state index contributed by atoms with van der Waals surface area (Å²) in [6.07, 6.45) is 0. The third-order valence-electron chi connectivity index (χ3n) is 5.83. The topological polar surface area (TPSA) is 310 Å². The number of hydrogen-bond donors (Lipinski definition) is 6. The van der Waals surface area contributed by atoms with Crippen molar-refractivity contribution in [1.29, 1.82) is 0 Å². The highest BCUT2D eigenvalue weighted by Gasteiger charge is 2.27. The highest BCUT2D eigenvalue weighted by atomic mass is 32.2. The van der Waals surface area contributed by atoms with Crippen LogP contribution >= 0.6 is 12.0 Å². The number of carbonyl (C=O) groups is 1.